The predicted octanol–water partition coefficient (Wildman–Crippen LogP) is 5.87. The van der Waals surface area contributed by atoms with Gasteiger partial charge in [-0.2, -0.15) is 13.2 Å². The van der Waals surface area contributed by atoms with Gasteiger partial charge in [-0.15, -0.1) is 11.8 Å². The van der Waals surface area contributed by atoms with Gasteiger partial charge in [0.2, 0.25) is 5.91 Å². The van der Waals surface area contributed by atoms with E-state index in [-0.39, 0.29) is 17.7 Å². The standard InChI is InChI=1S/C17H26N2OS.C7H5F3O/c1-13(14-7-9-15(21-4)10-8-14)18-16(20)17(2,3)19-11-5-6-12-19;8-7(9,10)5-2-1-3-6(11)4-5/h7-10,13H,5-6,11-12H2,1-4H3,(H,18,20);1-4,11H. The molecule has 1 aliphatic rings. The Morgan fingerprint density at radius 3 is 2.16 bits per heavy atom. The average Bonchev–Trinajstić information content (AvgIpc) is 3.29. The quantitative estimate of drug-likeness (QED) is 0.539. The number of aromatic hydroxyl groups is 1. The first-order valence-electron chi connectivity index (χ1n) is 10.5. The summed E-state index contributed by atoms with van der Waals surface area (Å²) >= 11 is 1.73. The van der Waals surface area contributed by atoms with E-state index in [2.05, 4.69) is 40.7 Å². The molecule has 2 aromatic carbocycles. The second-order valence-electron chi connectivity index (χ2n) is 8.27. The molecule has 0 bridgehead atoms. The first kappa shape index (κ1) is 26.1. The van der Waals surface area contributed by atoms with Crippen LogP contribution >= 0.6 is 11.8 Å². The average molecular weight is 469 g/mol. The van der Waals surface area contributed by atoms with Gasteiger partial charge in [0.15, 0.2) is 0 Å². The number of nitrogens with zero attached hydrogens (tertiary/aromatic N) is 1. The molecule has 1 atom stereocenters. The highest BCUT2D eigenvalue weighted by Crippen LogP contribution is 2.30. The second-order valence-corrected chi connectivity index (χ2v) is 9.15. The van der Waals surface area contributed by atoms with Crippen LogP contribution in [0.5, 0.6) is 5.75 Å². The molecule has 2 N–H and O–H groups in total. The lowest BCUT2D eigenvalue weighted by Crippen LogP contribution is -2.54. The van der Waals surface area contributed by atoms with Gasteiger partial charge in [0.1, 0.15) is 5.75 Å². The van der Waals surface area contributed by atoms with Crippen molar-refractivity contribution in [2.75, 3.05) is 19.3 Å². The summed E-state index contributed by atoms with van der Waals surface area (Å²) in [5, 5.41) is 11.8. The molecule has 0 aromatic heterocycles. The van der Waals surface area contributed by atoms with E-state index in [0.29, 0.717) is 6.07 Å². The van der Waals surface area contributed by atoms with Crippen LogP contribution in [0.3, 0.4) is 0 Å². The number of likely N-dealkylation sites (tertiary alicyclic amines) is 1. The Hall–Kier alpha value is -2.19. The van der Waals surface area contributed by atoms with Gasteiger partial charge in [-0.3, -0.25) is 9.69 Å². The molecule has 1 unspecified atom stereocenters. The number of amides is 1. The molecule has 32 heavy (non-hydrogen) atoms. The number of hydrogen-bond acceptors (Lipinski definition) is 4. The Kier molecular flexibility index (Phi) is 9.04. The van der Waals surface area contributed by atoms with Crippen molar-refractivity contribution in [1.82, 2.24) is 10.2 Å². The van der Waals surface area contributed by atoms with Gasteiger partial charge < -0.3 is 10.4 Å². The van der Waals surface area contributed by atoms with Gasteiger partial charge in [-0.05, 0) is 88.9 Å². The zero-order valence-corrected chi connectivity index (χ0v) is 19.7. The number of rotatable bonds is 5. The second kappa shape index (κ2) is 11.1. The summed E-state index contributed by atoms with van der Waals surface area (Å²) in [6.07, 6.45) is 0.0857. The minimum atomic E-state index is -4.38. The molecule has 1 fully saturated rings. The minimum Gasteiger partial charge on any atom is -0.508 e. The number of alkyl halides is 3. The molecular weight excluding hydrogens is 437 g/mol. The molecule has 176 valence electrons. The van der Waals surface area contributed by atoms with E-state index in [1.807, 2.05) is 20.8 Å². The van der Waals surface area contributed by atoms with Gasteiger partial charge in [-0.1, -0.05) is 18.2 Å². The van der Waals surface area contributed by atoms with Crippen molar-refractivity contribution in [2.45, 2.75) is 56.3 Å². The highest BCUT2D eigenvalue weighted by atomic mass is 32.2. The van der Waals surface area contributed by atoms with Crippen molar-refractivity contribution in [3.8, 4) is 5.75 Å². The van der Waals surface area contributed by atoms with E-state index in [9.17, 15) is 18.0 Å². The normalized spacial score (nSPS) is 15.6. The maximum atomic E-state index is 12.6. The summed E-state index contributed by atoms with van der Waals surface area (Å²) in [6.45, 7) is 8.15. The lowest BCUT2D eigenvalue weighted by atomic mass is 10.0. The summed E-state index contributed by atoms with van der Waals surface area (Å²) in [7, 11) is 0. The molecule has 1 heterocycles. The molecule has 0 aliphatic carbocycles. The van der Waals surface area contributed by atoms with Gasteiger partial charge in [0.05, 0.1) is 17.1 Å². The van der Waals surface area contributed by atoms with Crippen molar-refractivity contribution < 1.29 is 23.1 Å². The molecule has 0 radical (unpaired) electrons. The van der Waals surface area contributed by atoms with Crippen LogP contribution in [0.1, 0.15) is 50.8 Å². The largest absolute Gasteiger partial charge is 0.508 e. The van der Waals surface area contributed by atoms with Crippen molar-refractivity contribution in [3.05, 3.63) is 59.7 Å². The van der Waals surface area contributed by atoms with Gasteiger partial charge in [-0.25, -0.2) is 0 Å². The van der Waals surface area contributed by atoms with Crippen molar-refractivity contribution in [1.29, 1.82) is 0 Å². The highest BCUT2D eigenvalue weighted by Gasteiger charge is 2.36. The molecule has 8 heteroatoms. The van der Waals surface area contributed by atoms with E-state index in [0.717, 1.165) is 30.8 Å². The number of carbonyl (C=O) groups excluding carboxylic acids is 1. The van der Waals surface area contributed by atoms with Crippen LogP contribution in [0, 0.1) is 0 Å². The fourth-order valence-electron chi connectivity index (χ4n) is 3.45. The molecular formula is C24H31F3N2O2S. The lowest BCUT2D eigenvalue weighted by molar-refractivity contribution is -0.137. The molecule has 1 amide bonds. The first-order valence-corrected chi connectivity index (χ1v) is 11.7. The van der Waals surface area contributed by atoms with Gasteiger partial charge >= 0.3 is 6.18 Å². The van der Waals surface area contributed by atoms with Crippen molar-refractivity contribution in [3.63, 3.8) is 0 Å². The molecule has 4 nitrogen and oxygen atoms in total. The minimum absolute atomic E-state index is 0.0373. The Bertz CT molecular complexity index is 880. The van der Waals surface area contributed by atoms with E-state index in [4.69, 9.17) is 5.11 Å². The third-order valence-electron chi connectivity index (χ3n) is 5.59. The zero-order chi connectivity index (χ0) is 23.9. The molecule has 1 saturated heterocycles. The topological polar surface area (TPSA) is 52.6 Å². The number of thioether (sulfide) groups is 1. The third kappa shape index (κ3) is 7.17. The maximum absolute atomic E-state index is 12.6. The van der Waals surface area contributed by atoms with Crippen LogP contribution < -0.4 is 5.32 Å². The highest BCUT2D eigenvalue weighted by molar-refractivity contribution is 7.98. The number of carbonyl (C=O) groups is 1. The first-order chi connectivity index (χ1) is 14.9. The Labute approximate surface area is 192 Å². The zero-order valence-electron chi connectivity index (χ0n) is 18.9. The van der Waals surface area contributed by atoms with Crippen LogP contribution in [0.15, 0.2) is 53.4 Å². The van der Waals surface area contributed by atoms with Crippen molar-refractivity contribution in [2.24, 2.45) is 0 Å². The monoisotopic (exact) mass is 468 g/mol. The molecule has 0 spiro atoms. The number of nitrogens with one attached hydrogen (secondary N) is 1. The van der Waals surface area contributed by atoms with E-state index in [1.165, 1.54) is 23.8 Å². The summed E-state index contributed by atoms with van der Waals surface area (Å²) in [5.41, 5.74) is -0.111. The molecule has 3 rings (SSSR count). The Morgan fingerprint density at radius 2 is 1.69 bits per heavy atom. The molecule has 0 saturated carbocycles. The maximum Gasteiger partial charge on any atom is 0.416 e. The van der Waals surface area contributed by atoms with Crippen LogP contribution in [-0.4, -0.2) is 40.8 Å². The van der Waals surface area contributed by atoms with Crippen molar-refractivity contribution >= 4 is 17.7 Å². The fraction of sp³-hybridized carbons (Fsp3) is 0.458. The van der Waals surface area contributed by atoms with E-state index < -0.39 is 17.3 Å². The van der Waals surface area contributed by atoms with Crippen LogP contribution in [0.25, 0.3) is 0 Å². The Balaban J connectivity index is 0.000000278. The molecule has 2 aromatic rings. The van der Waals surface area contributed by atoms with Gasteiger partial charge in [0, 0.05) is 4.90 Å². The van der Waals surface area contributed by atoms with Gasteiger partial charge in [0.25, 0.3) is 0 Å². The summed E-state index contributed by atoms with van der Waals surface area (Å²) in [4.78, 5) is 16.1. The number of phenolic OH excluding ortho intramolecular Hbond substituents is 1. The number of benzene rings is 2. The summed E-state index contributed by atoms with van der Waals surface area (Å²) in [6, 6.07) is 12.4. The number of phenols is 1. The lowest BCUT2D eigenvalue weighted by Gasteiger charge is -2.34. The Morgan fingerprint density at radius 1 is 1.09 bits per heavy atom. The fourth-order valence-corrected chi connectivity index (χ4v) is 3.86. The van der Waals surface area contributed by atoms with Crippen LogP contribution in [-0.2, 0) is 11.0 Å². The summed E-state index contributed by atoms with van der Waals surface area (Å²) in [5.74, 6) is -0.259. The molecule has 1 aliphatic heterocycles. The number of hydrogen-bond donors (Lipinski definition) is 2. The van der Waals surface area contributed by atoms with Crippen LogP contribution in [0.4, 0.5) is 13.2 Å². The van der Waals surface area contributed by atoms with E-state index >= 15 is 0 Å². The van der Waals surface area contributed by atoms with E-state index in [1.54, 1.807) is 11.8 Å². The third-order valence-corrected chi connectivity index (χ3v) is 6.33. The van der Waals surface area contributed by atoms with Crippen LogP contribution in [0.2, 0.25) is 0 Å². The number of halogens is 3. The summed E-state index contributed by atoms with van der Waals surface area (Å²) < 4.78 is 35.6. The predicted molar refractivity (Wildman–Crippen MR) is 123 cm³/mol. The smallest absolute Gasteiger partial charge is 0.416 e. The SMILES string of the molecule is CSc1ccc(C(C)NC(=O)C(C)(C)N2CCCC2)cc1.Oc1cccc(C(F)(F)F)c1.